The molecule has 1 aliphatic carbocycles. The molecule has 0 aromatic rings. The summed E-state index contributed by atoms with van der Waals surface area (Å²) in [5.41, 5.74) is 5.59. The molecule has 232 valence electrons. The molecule has 0 atom stereocenters. The zero-order chi connectivity index (χ0) is 30.9. The van der Waals surface area contributed by atoms with Gasteiger partial charge in [-0.15, -0.1) is 0 Å². The third-order valence-electron chi connectivity index (χ3n) is 7.63. The lowest BCUT2D eigenvalue weighted by atomic mass is 9.72. The number of carbonyl (C=O) groups is 1. The molecule has 0 N–H and O–H groups in total. The fourth-order valence-electron chi connectivity index (χ4n) is 4.96. The summed E-state index contributed by atoms with van der Waals surface area (Å²) in [5.74, 6) is -0.130. The summed E-state index contributed by atoms with van der Waals surface area (Å²) in [4.78, 5) is 12.0. The van der Waals surface area contributed by atoms with E-state index in [-0.39, 0.29) is 11.4 Å². The van der Waals surface area contributed by atoms with Gasteiger partial charge in [0.2, 0.25) is 0 Å². The molecule has 2 heteroatoms. The fourth-order valence-corrected chi connectivity index (χ4v) is 4.96. The van der Waals surface area contributed by atoms with Crippen molar-refractivity contribution in [1.29, 1.82) is 0 Å². The van der Waals surface area contributed by atoms with Crippen LogP contribution in [0.2, 0.25) is 0 Å². The molecule has 42 heavy (non-hydrogen) atoms. The van der Waals surface area contributed by atoms with Crippen LogP contribution in [0.3, 0.4) is 0 Å². The van der Waals surface area contributed by atoms with E-state index >= 15 is 0 Å². The molecule has 0 aromatic heterocycles. The lowest BCUT2D eigenvalue weighted by Gasteiger charge is -2.32. The van der Waals surface area contributed by atoms with Gasteiger partial charge in [-0.25, -0.2) is 0 Å². The maximum atomic E-state index is 12.0. The first-order valence-corrected chi connectivity index (χ1v) is 16.4. The second-order valence-electron chi connectivity index (χ2n) is 12.1. The molecule has 0 saturated heterocycles. The predicted molar refractivity (Wildman–Crippen MR) is 185 cm³/mol. The maximum Gasteiger partial charge on any atom is 0.306 e. The van der Waals surface area contributed by atoms with Gasteiger partial charge in [-0.05, 0) is 102 Å². The molecule has 0 aromatic carbocycles. The van der Waals surface area contributed by atoms with Crippen molar-refractivity contribution in [1.82, 2.24) is 0 Å². The fraction of sp³-hybridized carbons (Fsp3) is 0.525. The van der Waals surface area contributed by atoms with Crippen molar-refractivity contribution in [2.75, 3.05) is 6.61 Å². The van der Waals surface area contributed by atoms with Gasteiger partial charge in [-0.3, -0.25) is 4.79 Å². The van der Waals surface area contributed by atoms with Crippen molar-refractivity contribution < 1.29 is 9.53 Å². The lowest BCUT2D eigenvalue weighted by molar-refractivity contribution is -0.142. The molecule has 0 spiro atoms. The van der Waals surface area contributed by atoms with Gasteiger partial charge in [0, 0.05) is 6.42 Å². The Morgan fingerprint density at radius 1 is 0.833 bits per heavy atom. The highest BCUT2D eigenvalue weighted by atomic mass is 16.5. The van der Waals surface area contributed by atoms with Crippen molar-refractivity contribution in [2.45, 2.75) is 125 Å². The van der Waals surface area contributed by atoms with Crippen molar-refractivity contribution >= 4 is 5.97 Å². The zero-order valence-electron chi connectivity index (χ0n) is 27.8. The number of unbranched alkanes of at least 4 members (excludes halogenated alkanes) is 4. The maximum absolute atomic E-state index is 12.0. The average molecular weight is 573 g/mol. The quantitative estimate of drug-likeness (QED) is 0.0627. The van der Waals surface area contributed by atoms with Crippen molar-refractivity contribution in [3.8, 4) is 0 Å². The van der Waals surface area contributed by atoms with Crippen LogP contribution in [0.4, 0.5) is 0 Å². The third kappa shape index (κ3) is 19.3. The van der Waals surface area contributed by atoms with Crippen LogP contribution >= 0.6 is 0 Å². The highest BCUT2D eigenvalue weighted by molar-refractivity contribution is 5.69. The van der Waals surface area contributed by atoms with Crippen LogP contribution in [-0.4, -0.2) is 12.6 Å². The van der Waals surface area contributed by atoms with E-state index in [9.17, 15) is 4.79 Å². The normalized spacial score (nSPS) is 17.0. The molecule has 2 nitrogen and oxygen atoms in total. The van der Waals surface area contributed by atoms with Gasteiger partial charge in [0.05, 0.1) is 0 Å². The summed E-state index contributed by atoms with van der Waals surface area (Å²) >= 11 is 0. The molecule has 0 radical (unpaired) electrons. The largest absolute Gasteiger partial charge is 0.461 e. The van der Waals surface area contributed by atoms with Crippen LogP contribution in [0, 0.1) is 5.41 Å². The van der Waals surface area contributed by atoms with Crippen LogP contribution < -0.4 is 0 Å². The summed E-state index contributed by atoms with van der Waals surface area (Å²) in [6.07, 6.45) is 44.5. The number of hydrogen-bond acceptors (Lipinski definition) is 2. The molecule has 0 bridgehead atoms. The molecule has 1 rings (SSSR count). The number of rotatable bonds is 20. The van der Waals surface area contributed by atoms with Crippen molar-refractivity contribution in [3.05, 3.63) is 107 Å². The van der Waals surface area contributed by atoms with Gasteiger partial charge in [-0.2, -0.15) is 0 Å². The van der Waals surface area contributed by atoms with Gasteiger partial charge in [0.15, 0.2) is 0 Å². The molecule has 0 fully saturated rings. The predicted octanol–water partition coefficient (Wildman–Crippen LogP) is 12.2. The van der Waals surface area contributed by atoms with Crippen LogP contribution in [0.15, 0.2) is 107 Å². The molecule has 0 amide bonds. The molecular weight excluding hydrogens is 512 g/mol. The average Bonchev–Trinajstić information content (AvgIpc) is 2.94. The number of esters is 1. The van der Waals surface area contributed by atoms with Gasteiger partial charge in [0.25, 0.3) is 0 Å². The summed E-state index contributed by atoms with van der Waals surface area (Å²) in [6.45, 7) is 13.7. The first kappa shape index (κ1) is 37.2. The molecule has 0 saturated carbocycles. The highest BCUT2D eigenvalue weighted by Gasteiger charge is 2.26. The van der Waals surface area contributed by atoms with Crippen LogP contribution in [0.1, 0.15) is 125 Å². The van der Waals surface area contributed by atoms with Gasteiger partial charge >= 0.3 is 5.97 Å². The molecule has 1 aliphatic rings. The molecule has 0 unspecified atom stereocenters. The second-order valence-corrected chi connectivity index (χ2v) is 12.1. The Hall–Kier alpha value is -2.87. The topological polar surface area (TPSA) is 26.3 Å². The zero-order valence-corrected chi connectivity index (χ0v) is 27.8. The Balaban J connectivity index is 2.17. The van der Waals surface area contributed by atoms with E-state index in [0.29, 0.717) is 13.0 Å². The van der Waals surface area contributed by atoms with Crippen LogP contribution in [0.25, 0.3) is 0 Å². The SMILES string of the molecule is CCCCC/C=C\C/C=C\C/C=C\C/C=C\CCCC(=O)OCC=C(C)C=CC=C(C)C=CC1=C(C)CCCC1(C)C. The second kappa shape index (κ2) is 23.7. The van der Waals surface area contributed by atoms with E-state index < -0.39 is 0 Å². The van der Waals surface area contributed by atoms with E-state index in [0.717, 1.165) is 37.7 Å². The monoisotopic (exact) mass is 572 g/mol. The third-order valence-corrected chi connectivity index (χ3v) is 7.63. The standard InChI is InChI=1S/C40H60O2/c1-7-8-9-10-11-12-13-14-15-16-17-18-19-20-21-22-23-29-39(41)42-34-32-36(3)27-24-26-35(2)30-31-38-37(4)28-25-33-40(38,5)6/h11-12,14-15,17-18,20-21,24,26-27,30-32H,7-10,13,16,19,22-23,25,28-29,33-34H2,1-6H3/b12-11-,15-14-,18-17-,21-20-,27-24?,31-30?,35-26?,36-32?. The number of carbonyl (C=O) groups excluding carboxylic acids is 1. The highest BCUT2D eigenvalue weighted by Crippen LogP contribution is 2.40. The number of ether oxygens (including phenoxy) is 1. The summed E-state index contributed by atoms with van der Waals surface area (Å²) in [5, 5.41) is 0. The number of hydrogen-bond donors (Lipinski definition) is 0. The first-order valence-electron chi connectivity index (χ1n) is 16.4. The van der Waals surface area contributed by atoms with Crippen LogP contribution in [-0.2, 0) is 9.53 Å². The Morgan fingerprint density at radius 2 is 1.45 bits per heavy atom. The molecular formula is C40H60O2. The lowest BCUT2D eigenvalue weighted by Crippen LogP contribution is -2.19. The van der Waals surface area contributed by atoms with E-state index in [2.05, 4.69) is 114 Å². The minimum atomic E-state index is -0.130. The summed E-state index contributed by atoms with van der Waals surface area (Å²) in [6, 6.07) is 0. The van der Waals surface area contributed by atoms with Gasteiger partial charge in [0.1, 0.15) is 6.61 Å². The smallest absolute Gasteiger partial charge is 0.306 e. The van der Waals surface area contributed by atoms with E-state index in [1.54, 1.807) is 0 Å². The Morgan fingerprint density at radius 3 is 2.07 bits per heavy atom. The Bertz CT molecular complexity index is 1030. The summed E-state index contributed by atoms with van der Waals surface area (Å²) < 4.78 is 5.38. The van der Waals surface area contributed by atoms with Gasteiger partial charge < -0.3 is 4.74 Å². The van der Waals surface area contributed by atoms with Gasteiger partial charge in [-0.1, -0.05) is 129 Å². The number of allylic oxidation sites excluding steroid dienone is 17. The molecule has 0 aliphatic heterocycles. The first-order chi connectivity index (χ1) is 20.3. The Labute approximate surface area is 259 Å². The van der Waals surface area contributed by atoms with E-state index in [1.807, 2.05) is 13.0 Å². The minimum Gasteiger partial charge on any atom is -0.461 e. The van der Waals surface area contributed by atoms with E-state index in [4.69, 9.17) is 4.74 Å². The van der Waals surface area contributed by atoms with Crippen LogP contribution in [0.5, 0.6) is 0 Å². The van der Waals surface area contributed by atoms with Crippen molar-refractivity contribution in [3.63, 3.8) is 0 Å². The van der Waals surface area contributed by atoms with E-state index in [1.165, 1.54) is 61.7 Å². The minimum absolute atomic E-state index is 0.130. The van der Waals surface area contributed by atoms with Crippen molar-refractivity contribution in [2.24, 2.45) is 5.41 Å². The molecule has 0 heterocycles. The summed E-state index contributed by atoms with van der Waals surface area (Å²) in [7, 11) is 0. The Kier molecular flexibility index (Phi) is 20.9.